The molecule has 57 valence electrons. The number of anilines is 1. The molecule has 1 heterocycles. The summed E-state index contributed by atoms with van der Waals surface area (Å²) in [6.07, 6.45) is 2.88. The predicted octanol–water partition coefficient (Wildman–Crippen LogP) is 0.409. The fourth-order valence-corrected chi connectivity index (χ4v) is 0.494. The first kappa shape index (κ1) is 7.59. The molecule has 0 aromatic carbocycles. The van der Waals surface area contributed by atoms with Crippen LogP contribution in [-0.2, 0) is 0 Å². The number of halogens is 1. The van der Waals surface area contributed by atoms with E-state index in [1.807, 2.05) is 0 Å². The SMILES string of the molecule is C=CCNc1n[c]nc(F)n1. The number of nitrogens with one attached hydrogen (secondary N) is 1. The number of hydrogen-bond donors (Lipinski definition) is 1. The average Bonchev–Trinajstić information content (AvgIpc) is 2.01. The third kappa shape index (κ3) is 2.29. The molecule has 0 atom stereocenters. The zero-order valence-corrected chi connectivity index (χ0v) is 5.71. The molecule has 0 aliphatic carbocycles. The van der Waals surface area contributed by atoms with E-state index in [0.29, 0.717) is 6.54 Å². The minimum atomic E-state index is -0.841. The number of rotatable bonds is 3. The highest BCUT2D eigenvalue weighted by molar-refractivity contribution is 5.21. The molecule has 0 unspecified atom stereocenters. The van der Waals surface area contributed by atoms with Crippen molar-refractivity contribution < 1.29 is 4.39 Å². The van der Waals surface area contributed by atoms with Crippen LogP contribution in [0, 0.1) is 12.4 Å². The lowest BCUT2D eigenvalue weighted by atomic mass is 10.6. The molecule has 0 aliphatic heterocycles. The van der Waals surface area contributed by atoms with Gasteiger partial charge in [0.15, 0.2) is 0 Å². The molecule has 0 aliphatic rings. The number of hydrogen-bond acceptors (Lipinski definition) is 4. The fourth-order valence-electron chi connectivity index (χ4n) is 0.494. The van der Waals surface area contributed by atoms with E-state index in [0.717, 1.165) is 0 Å². The fraction of sp³-hybridized carbons (Fsp3) is 0.167. The second kappa shape index (κ2) is 3.60. The van der Waals surface area contributed by atoms with Crippen molar-refractivity contribution in [2.45, 2.75) is 0 Å². The number of aromatic nitrogens is 3. The van der Waals surface area contributed by atoms with Gasteiger partial charge in [-0.2, -0.15) is 19.3 Å². The Morgan fingerprint density at radius 3 is 3.09 bits per heavy atom. The van der Waals surface area contributed by atoms with Crippen molar-refractivity contribution in [2.75, 3.05) is 11.9 Å². The van der Waals surface area contributed by atoms with E-state index in [4.69, 9.17) is 0 Å². The van der Waals surface area contributed by atoms with Crippen LogP contribution in [0.4, 0.5) is 10.3 Å². The van der Waals surface area contributed by atoms with Gasteiger partial charge in [0, 0.05) is 6.54 Å². The van der Waals surface area contributed by atoms with Gasteiger partial charge < -0.3 is 5.32 Å². The molecule has 0 amide bonds. The van der Waals surface area contributed by atoms with Crippen LogP contribution in [0.5, 0.6) is 0 Å². The van der Waals surface area contributed by atoms with Crippen LogP contribution in [-0.4, -0.2) is 21.5 Å². The molecule has 0 spiro atoms. The molecule has 1 radical (unpaired) electrons. The summed E-state index contributed by atoms with van der Waals surface area (Å²) in [7, 11) is 0. The van der Waals surface area contributed by atoms with Gasteiger partial charge in [0.05, 0.1) is 0 Å². The summed E-state index contributed by atoms with van der Waals surface area (Å²) >= 11 is 0. The highest BCUT2D eigenvalue weighted by atomic mass is 19.1. The quantitative estimate of drug-likeness (QED) is 0.639. The van der Waals surface area contributed by atoms with Crippen LogP contribution in [0.15, 0.2) is 12.7 Å². The first-order valence-electron chi connectivity index (χ1n) is 2.95. The molecule has 1 aromatic heterocycles. The van der Waals surface area contributed by atoms with E-state index in [1.54, 1.807) is 6.08 Å². The van der Waals surface area contributed by atoms with E-state index in [-0.39, 0.29) is 5.95 Å². The maximum Gasteiger partial charge on any atom is 0.314 e. The van der Waals surface area contributed by atoms with Gasteiger partial charge in [0.1, 0.15) is 0 Å². The maximum absolute atomic E-state index is 12.2. The standard InChI is InChI=1S/C6H6FN4/c1-2-3-8-6-10-4-9-5(7)11-6/h2H,1,3H2,(H,8,9,10,11). The molecule has 0 saturated carbocycles. The van der Waals surface area contributed by atoms with E-state index in [9.17, 15) is 4.39 Å². The summed E-state index contributed by atoms with van der Waals surface area (Å²) in [6.45, 7) is 3.94. The Labute approximate surface area is 63.2 Å². The lowest BCUT2D eigenvalue weighted by molar-refractivity contribution is 0.533. The maximum atomic E-state index is 12.2. The van der Waals surface area contributed by atoms with Crippen molar-refractivity contribution in [3.05, 3.63) is 25.1 Å². The second-order valence-corrected chi connectivity index (χ2v) is 1.70. The molecule has 1 N–H and O–H groups in total. The van der Waals surface area contributed by atoms with Crippen LogP contribution in [0.1, 0.15) is 0 Å². The normalized spacial score (nSPS) is 9.18. The van der Waals surface area contributed by atoms with Gasteiger partial charge >= 0.3 is 6.08 Å². The summed E-state index contributed by atoms with van der Waals surface area (Å²) in [5.74, 6) is 0.164. The van der Waals surface area contributed by atoms with Crippen molar-refractivity contribution in [2.24, 2.45) is 0 Å². The van der Waals surface area contributed by atoms with E-state index in [1.165, 1.54) is 0 Å². The van der Waals surface area contributed by atoms with Gasteiger partial charge in [0.25, 0.3) is 0 Å². The van der Waals surface area contributed by atoms with E-state index < -0.39 is 6.08 Å². The van der Waals surface area contributed by atoms with Crippen molar-refractivity contribution in [1.82, 2.24) is 15.0 Å². The molecule has 1 aromatic rings. The molecule has 5 heteroatoms. The summed E-state index contributed by atoms with van der Waals surface area (Å²) in [4.78, 5) is 9.93. The molecular weight excluding hydrogens is 147 g/mol. The van der Waals surface area contributed by atoms with Gasteiger partial charge in [0.2, 0.25) is 12.3 Å². The molecule has 0 bridgehead atoms. The average molecular weight is 153 g/mol. The summed E-state index contributed by atoms with van der Waals surface area (Å²) in [5.41, 5.74) is 0. The molecule has 11 heavy (non-hydrogen) atoms. The Morgan fingerprint density at radius 2 is 2.45 bits per heavy atom. The first-order chi connectivity index (χ1) is 5.33. The highest BCUT2D eigenvalue weighted by Gasteiger charge is 1.95. The predicted molar refractivity (Wildman–Crippen MR) is 37.3 cm³/mol. The van der Waals surface area contributed by atoms with Gasteiger partial charge in [-0.25, -0.2) is 0 Å². The topological polar surface area (TPSA) is 50.7 Å². The van der Waals surface area contributed by atoms with E-state index >= 15 is 0 Å². The van der Waals surface area contributed by atoms with Gasteiger partial charge in [-0.1, -0.05) is 6.08 Å². The zero-order valence-electron chi connectivity index (χ0n) is 5.71. The summed E-state index contributed by atoms with van der Waals surface area (Å²) in [6, 6.07) is 0. The third-order valence-electron chi connectivity index (χ3n) is 0.901. The van der Waals surface area contributed by atoms with Crippen molar-refractivity contribution in [3.8, 4) is 0 Å². The third-order valence-corrected chi connectivity index (χ3v) is 0.901. The summed E-state index contributed by atoms with van der Waals surface area (Å²) < 4.78 is 12.2. The second-order valence-electron chi connectivity index (χ2n) is 1.70. The minimum Gasteiger partial charge on any atom is -0.351 e. The number of nitrogens with zero attached hydrogens (tertiary/aromatic N) is 3. The van der Waals surface area contributed by atoms with Crippen molar-refractivity contribution in [1.29, 1.82) is 0 Å². The van der Waals surface area contributed by atoms with Crippen LogP contribution in [0.3, 0.4) is 0 Å². The molecule has 1 rings (SSSR count). The zero-order chi connectivity index (χ0) is 8.10. The van der Waals surface area contributed by atoms with Crippen LogP contribution in [0.2, 0.25) is 0 Å². The van der Waals surface area contributed by atoms with Crippen molar-refractivity contribution >= 4 is 5.95 Å². The Balaban J connectivity index is 2.63. The van der Waals surface area contributed by atoms with Gasteiger partial charge in [-0.05, 0) is 0 Å². The first-order valence-corrected chi connectivity index (χ1v) is 2.95. The Bertz CT molecular complexity index is 250. The Kier molecular flexibility index (Phi) is 2.48. The Morgan fingerprint density at radius 1 is 1.64 bits per heavy atom. The van der Waals surface area contributed by atoms with Gasteiger partial charge in [-0.15, -0.1) is 6.58 Å². The lowest BCUT2D eigenvalue weighted by Gasteiger charge is -1.97. The monoisotopic (exact) mass is 153 g/mol. The minimum absolute atomic E-state index is 0.164. The van der Waals surface area contributed by atoms with Gasteiger partial charge in [-0.3, -0.25) is 0 Å². The Hall–Kier alpha value is -1.52. The van der Waals surface area contributed by atoms with Crippen molar-refractivity contribution in [3.63, 3.8) is 0 Å². The molecular formula is C6H6FN4. The lowest BCUT2D eigenvalue weighted by Crippen LogP contribution is -2.04. The van der Waals surface area contributed by atoms with Crippen LogP contribution >= 0.6 is 0 Å². The van der Waals surface area contributed by atoms with Crippen LogP contribution < -0.4 is 5.32 Å². The largest absolute Gasteiger partial charge is 0.351 e. The molecule has 0 saturated heterocycles. The smallest absolute Gasteiger partial charge is 0.314 e. The summed E-state index contributed by atoms with van der Waals surface area (Å²) in [5, 5.41) is 2.68. The van der Waals surface area contributed by atoms with Crippen LogP contribution in [0.25, 0.3) is 0 Å². The highest BCUT2D eigenvalue weighted by Crippen LogP contribution is 1.93. The van der Waals surface area contributed by atoms with E-state index in [2.05, 4.69) is 33.2 Å². The molecule has 0 fully saturated rings. The molecule has 4 nitrogen and oxygen atoms in total.